The normalized spacial score (nSPS) is 11.1. The van der Waals surface area contributed by atoms with Crippen LogP contribution < -0.4 is 5.73 Å². The molecule has 4 heteroatoms. The zero-order valence-electron chi connectivity index (χ0n) is 13.1. The number of hydrogen-bond donors (Lipinski definition) is 1. The zero-order valence-corrected chi connectivity index (χ0v) is 13.1. The van der Waals surface area contributed by atoms with Crippen molar-refractivity contribution in [2.24, 2.45) is 11.8 Å². The number of carbonyl (C=O) groups is 1. The van der Waals surface area contributed by atoms with Crippen LogP contribution in [0.3, 0.4) is 0 Å². The van der Waals surface area contributed by atoms with Crippen molar-refractivity contribution in [2.75, 3.05) is 18.8 Å². The molecule has 0 saturated heterocycles. The molecule has 0 spiro atoms. The fourth-order valence-electron chi connectivity index (χ4n) is 1.88. The van der Waals surface area contributed by atoms with Gasteiger partial charge in [-0.25, -0.2) is 4.98 Å². The third-order valence-corrected chi connectivity index (χ3v) is 3.23. The lowest BCUT2D eigenvalue weighted by molar-refractivity contribution is 0.0735. The van der Waals surface area contributed by atoms with Crippen LogP contribution in [0.25, 0.3) is 0 Å². The van der Waals surface area contributed by atoms with E-state index >= 15 is 0 Å². The number of amides is 1. The van der Waals surface area contributed by atoms with E-state index in [2.05, 4.69) is 32.7 Å². The molecule has 0 radical (unpaired) electrons. The van der Waals surface area contributed by atoms with Gasteiger partial charge in [-0.3, -0.25) is 4.79 Å². The maximum Gasteiger partial charge on any atom is 0.272 e. The van der Waals surface area contributed by atoms with E-state index in [1.54, 1.807) is 18.2 Å². The topological polar surface area (TPSA) is 59.2 Å². The molecule has 0 aliphatic heterocycles. The van der Waals surface area contributed by atoms with E-state index in [0.717, 1.165) is 25.9 Å². The van der Waals surface area contributed by atoms with Crippen LogP contribution in [-0.4, -0.2) is 28.9 Å². The second kappa shape index (κ2) is 7.88. The highest BCUT2D eigenvalue weighted by Gasteiger charge is 2.17. The van der Waals surface area contributed by atoms with Crippen molar-refractivity contribution in [2.45, 2.75) is 40.5 Å². The molecular weight excluding hydrogens is 250 g/mol. The maximum atomic E-state index is 12.5. The Hall–Kier alpha value is -1.58. The minimum atomic E-state index is -0.0152. The fourth-order valence-corrected chi connectivity index (χ4v) is 1.88. The number of anilines is 1. The Kier molecular flexibility index (Phi) is 6.49. The average molecular weight is 277 g/mol. The van der Waals surface area contributed by atoms with E-state index in [9.17, 15) is 4.79 Å². The second-order valence-corrected chi connectivity index (χ2v) is 6.10. The summed E-state index contributed by atoms with van der Waals surface area (Å²) in [6, 6.07) is 5.21. The van der Waals surface area contributed by atoms with Crippen molar-refractivity contribution in [3.05, 3.63) is 23.9 Å². The van der Waals surface area contributed by atoms with Crippen LogP contribution in [-0.2, 0) is 0 Å². The number of pyridine rings is 1. The Bertz CT molecular complexity index is 417. The highest BCUT2D eigenvalue weighted by atomic mass is 16.2. The number of aromatic nitrogens is 1. The molecule has 0 unspecified atom stereocenters. The molecule has 0 bridgehead atoms. The maximum absolute atomic E-state index is 12.5. The number of hydrogen-bond acceptors (Lipinski definition) is 3. The van der Waals surface area contributed by atoms with Gasteiger partial charge in [-0.05, 0) is 36.8 Å². The van der Waals surface area contributed by atoms with Gasteiger partial charge in [-0.15, -0.1) is 0 Å². The summed E-state index contributed by atoms with van der Waals surface area (Å²) in [7, 11) is 0. The van der Waals surface area contributed by atoms with E-state index < -0.39 is 0 Å². The van der Waals surface area contributed by atoms with Gasteiger partial charge in [0.25, 0.3) is 5.91 Å². The Morgan fingerprint density at radius 2 is 1.70 bits per heavy atom. The first-order chi connectivity index (χ1) is 9.40. The Labute approximate surface area is 122 Å². The molecule has 1 amide bonds. The summed E-state index contributed by atoms with van der Waals surface area (Å²) in [6.07, 6.45) is 2.01. The van der Waals surface area contributed by atoms with E-state index in [-0.39, 0.29) is 5.91 Å². The monoisotopic (exact) mass is 277 g/mol. The molecule has 0 saturated carbocycles. The molecule has 0 fully saturated rings. The molecule has 1 aromatic rings. The first-order valence-electron chi connectivity index (χ1n) is 7.42. The first kappa shape index (κ1) is 16.5. The molecule has 4 nitrogen and oxygen atoms in total. The highest BCUT2D eigenvalue weighted by molar-refractivity contribution is 5.92. The molecule has 0 aromatic carbocycles. The van der Waals surface area contributed by atoms with Crippen molar-refractivity contribution >= 4 is 11.7 Å². The number of nitrogen functional groups attached to an aromatic ring is 1. The third-order valence-electron chi connectivity index (χ3n) is 3.23. The minimum absolute atomic E-state index is 0.0152. The summed E-state index contributed by atoms with van der Waals surface area (Å²) in [6.45, 7) is 10.2. The van der Waals surface area contributed by atoms with Crippen LogP contribution in [0.4, 0.5) is 5.82 Å². The molecule has 0 aliphatic rings. The zero-order chi connectivity index (χ0) is 15.1. The molecule has 0 aliphatic carbocycles. The summed E-state index contributed by atoms with van der Waals surface area (Å²) in [5.41, 5.74) is 6.10. The summed E-state index contributed by atoms with van der Waals surface area (Å²) in [5.74, 6) is 1.54. The minimum Gasteiger partial charge on any atom is -0.384 e. The van der Waals surface area contributed by atoms with Crippen LogP contribution in [0, 0.1) is 11.8 Å². The van der Waals surface area contributed by atoms with Gasteiger partial charge < -0.3 is 10.6 Å². The fraction of sp³-hybridized carbons (Fsp3) is 0.625. The molecule has 1 aromatic heterocycles. The molecule has 1 heterocycles. The third kappa shape index (κ3) is 5.59. The molecule has 1 rings (SSSR count). The number of rotatable bonds is 7. The second-order valence-electron chi connectivity index (χ2n) is 6.10. The average Bonchev–Trinajstić information content (AvgIpc) is 2.37. The smallest absolute Gasteiger partial charge is 0.272 e. The van der Waals surface area contributed by atoms with E-state index in [1.165, 1.54) is 0 Å². The standard InChI is InChI=1S/C16H27N3O/c1-12(2)8-10-19(11-9-13(3)4)16(20)14-6-5-7-15(17)18-14/h5-7,12-13H,8-11H2,1-4H3,(H2,17,18). The van der Waals surface area contributed by atoms with Crippen LogP contribution in [0.5, 0.6) is 0 Å². The Balaban J connectivity index is 2.76. The highest BCUT2D eigenvalue weighted by Crippen LogP contribution is 2.11. The van der Waals surface area contributed by atoms with E-state index in [0.29, 0.717) is 23.3 Å². The van der Waals surface area contributed by atoms with Gasteiger partial charge in [0, 0.05) is 13.1 Å². The Morgan fingerprint density at radius 3 is 2.15 bits per heavy atom. The lowest BCUT2D eigenvalue weighted by Crippen LogP contribution is -2.34. The van der Waals surface area contributed by atoms with Gasteiger partial charge in [-0.1, -0.05) is 33.8 Å². The first-order valence-corrected chi connectivity index (χ1v) is 7.42. The van der Waals surface area contributed by atoms with Crippen molar-refractivity contribution < 1.29 is 4.79 Å². The SMILES string of the molecule is CC(C)CCN(CCC(C)C)C(=O)c1cccc(N)n1. The molecule has 20 heavy (non-hydrogen) atoms. The molecule has 112 valence electrons. The molecule has 0 atom stereocenters. The number of nitrogens with two attached hydrogens (primary N) is 1. The predicted molar refractivity (Wildman–Crippen MR) is 83.5 cm³/mol. The summed E-state index contributed by atoms with van der Waals surface area (Å²) in [4.78, 5) is 18.6. The van der Waals surface area contributed by atoms with Gasteiger partial charge in [-0.2, -0.15) is 0 Å². The van der Waals surface area contributed by atoms with Gasteiger partial charge in [0.05, 0.1) is 0 Å². The largest absolute Gasteiger partial charge is 0.384 e. The van der Waals surface area contributed by atoms with Crippen LogP contribution >= 0.6 is 0 Å². The summed E-state index contributed by atoms with van der Waals surface area (Å²) >= 11 is 0. The molecule has 2 N–H and O–H groups in total. The van der Waals surface area contributed by atoms with Gasteiger partial charge in [0.15, 0.2) is 0 Å². The number of carbonyl (C=O) groups excluding carboxylic acids is 1. The van der Waals surface area contributed by atoms with Crippen LogP contribution in [0.2, 0.25) is 0 Å². The van der Waals surface area contributed by atoms with Gasteiger partial charge in [0.1, 0.15) is 11.5 Å². The van der Waals surface area contributed by atoms with E-state index in [4.69, 9.17) is 5.73 Å². The quantitative estimate of drug-likeness (QED) is 0.832. The summed E-state index contributed by atoms with van der Waals surface area (Å²) < 4.78 is 0. The van der Waals surface area contributed by atoms with Crippen LogP contribution in [0.1, 0.15) is 51.0 Å². The van der Waals surface area contributed by atoms with Gasteiger partial charge >= 0.3 is 0 Å². The lowest BCUT2D eigenvalue weighted by Gasteiger charge is -2.24. The van der Waals surface area contributed by atoms with Crippen molar-refractivity contribution in [3.63, 3.8) is 0 Å². The van der Waals surface area contributed by atoms with Crippen molar-refractivity contribution in [1.29, 1.82) is 0 Å². The predicted octanol–water partition coefficient (Wildman–Crippen LogP) is 3.20. The van der Waals surface area contributed by atoms with Crippen molar-refractivity contribution in [1.82, 2.24) is 9.88 Å². The van der Waals surface area contributed by atoms with Gasteiger partial charge in [0.2, 0.25) is 0 Å². The van der Waals surface area contributed by atoms with Crippen molar-refractivity contribution in [3.8, 4) is 0 Å². The van der Waals surface area contributed by atoms with Crippen LogP contribution in [0.15, 0.2) is 18.2 Å². The summed E-state index contributed by atoms with van der Waals surface area (Å²) in [5, 5.41) is 0. The van der Waals surface area contributed by atoms with E-state index in [1.807, 2.05) is 4.90 Å². The number of nitrogens with zero attached hydrogens (tertiary/aromatic N) is 2. The Morgan fingerprint density at radius 1 is 1.15 bits per heavy atom. The molecular formula is C16H27N3O. The lowest BCUT2D eigenvalue weighted by atomic mass is 10.1.